The number of rotatable bonds is 4. The summed E-state index contributed by atoms with van der Waals surface area (Å²) in [7, 11) is 0. The Bertz CT molecular complexity index is 541. The molecule has 1 aromatic carbocycles. The highest BCUT2D eigenvalue weighted by atomic mass is 16.5. The fourth-order valence-electron chi connectivity index (χ4n) is 1.38. The van der Waals surface area contributed by atoms with Crippen molar-refractivity contribution in [3.8, 4) is 6.07 Å². The van der Waals surface area contributed by atoms with Crippen molar-refractivity contribution in [2.24, 2.45) is 0 Å². The second-order valence-electron chi connectivity index (χ2n) is 3.50. The molecule has 0 bridgehead atoms. The minimum absolute atomic E-state index is 0.460. The van der Waals surface area contributed by atoms with Crippen molar-refractivity contribution in [1.82, 2.24) is 10.1 Å². The second-order valence-corrected chi connectivity index (χ2v) is 3.50. The van der Waals surface area contributed by atoms with Gasteiger partial charge in [-0.3, -0.25) is 0 Å². The monoisotopic (exact) mass is 228 g/mol. The summed E-state index contributed by atoms with van der Waals surface area (Å²) in [6.07, 6.45) is 0.757. The van der Waals surface area contributed by atoms with Crippen LogP contribution < -0.4 is 5.32 Å². The van der Waals surface area contributed by atoms with Crippen molar-refractivity contribution in [3.63, 3.8) is 0 Å². The number of nitrogens with one attached hydrogen (secondary N) is 1. The summed E-state index contributed by atoms with van der Waals surface area (Å²) in [6.45, 7) is 2.43. The summed E-state index contributed by atoms with van der Waals surface area (Å²) in [5, 5.41) is 15.7. The van der Waals surface area contributed by atoms with Crippen LogP contribution in [0.15, 0.2) is 28.8 Å². The van der Waals surface area contributed by atoms with Gasteiger partial charge in [-0.15, -0.1) is 0 Å². The Labute approximate surface area is 99.1 Å². The van der Waals surface area contributed by atoms with Gasteiger partial charge in [0.25, 0.3) is 0 Å². The Balaban J connectivity index is 1.99. The summed E-state index contributed by atoms with van der Waals surface area (Å²) in [6, 6.07) is 9.33. The maximum absolute atomic E-state index is 8.76. The molecular weight excluding hydrogens is 216 g/mol. The molecule has 2 aromatic rings. The maximum Gasteiger partial charge on any atom is 0.245 e. The van der Waals surface area contributed by atoms with Gasteiger partial charge in [-0.05, 0) is 18.2 Å². The molecule has 0 fully saturated rings. The van der Waals surface area contributed by atoms with Gasteiger partial charge < -0.3 is 9.84 Å². The smallest absolute Gasteiger partial charge is 0.245 e. The van der Waals surface area contributed by atoms with Crippen LogP contribution in [0, 0.1) is 11.3 Å². The summed E-state index contributed by atoms with van der Waals surface area (Å²) in [5.41, 5.74) is 1.48. The highest BCUT2D eigenvalue weighted by molar-refractivity contribution is 5.48. The lowest BCUT2D eigenvalue weighted by Gasteiger charge is -2.02. The lowest BCUT2D eigenvalue weighted by Crippen LogP contribution is -2.00. The topological polar surface area (TPSA) is 74.7 Å². The highest BCUT2D eigenvalue weighted by Crippen LogP contribution is 2.11. The number of aromatic nitrogens is 2. The summed E-state index contributed by atoms with van der Waals surface area (Å²) >= 11 is 0. The minimum atomic E-state index is 0.460. The fraction of sp³-hybridized carbons (Fsp3) is 0.250. The average Bonchev–Trinajstić information content (AvgIpc) is 2.84. The first kappa shape index (κ1) is 11.1. The molecular formula is C12H12N4O. The van der Waals surface area contributed by atoms with Crippen molar-refractivity contribution in [2.75, 3.05) is 5.32 Å². The van der Waals surface area contributed by atoms with Crippen LogP contribution in [-0.2, 0) is 13.0 Å². The van der Waals surface area contributed by atoms with Gasteiger partial charge in [0.15, 0.2) is 5.82 Å². The van der Waals surface area contributed by atoms with E-state index in [1.54, 1.807) is 12.1 Å². The van der Waals surface area contributed by atoms with Crippen molar-refractivity contribution in [1.29, 1.82) is 5.26 Å². The lowest BCUT2D eigenvalue weighted by molar-refractivity contribution is 0.378. The van der Waals surface area contributed by atoms with E-state index in [1.807, 2.05) is 19.1 Å². The number of benzene rings is 1. The molecule has 0 aliphatic heterocycles. The Kier molecular flexibility index (Phi) is 3.36. The van der Waals surface area contributed by atoms with E-state index in [0.717, 1.165) is 12.1 Å². The molecule has 1 N–H and O–H groups in total. The van der Waals surface area contributed by atoms with Crippen LogP contribution in [0.2, 0.25) is 0 Å². The van der Waals surface area contributed by atoms with Gasteiger partial charge in [0, 0.05) is 12.1 Å². The zero-order valence-electron chi connectivity index (χ0n) is 9.47. The Morgan fingerprint density at radius 3 is 3.06 bits per heavy atom. The highest BCUT2D eigenvalue weighted by Gasteiger charge is 2.04. The van der Waals surface area contributed by atoms with Crippen LogP contribution in [0.1, 0.15) is 24.2 Å². The van der Waals surface area contributed by atoms with Crippen LogP contribution in [0.5, 0.6) is 0 Å². The summed E-state index contributed by atoms with van der Waals surface area (Å²) in [4.78, 5) is 4.18. The lowest BCUT2D eigenvalue weighted by atomic mass is 10.2. The predicted molar refractivity (Wildman–Crippen MR) is 62.2 cm³/mol. The fourth-order valence-corrected chi connectivity index (χ4v) is 1.38. The van der Waals surface area contributed by atoms with Crippen LogP contribution in [0.25, 0.3) is 0 Å². The molecule has 0 aliphatic carbocycles. The van der Waals surface area contributed by atoms with Crippen LogP contribution in [0.4, 0.5) is 5.69 Å². The predicted octanol–water partition coefficient (Wildman–Crippen LogP) is 2.12. The molecule has 17 heavy (non-hydrogen) atoms. The Morgan fingerprint density at radius 2 is 2.35 bits per heavy atom. The number of anilines is 1. The molecule has 0 saturated carbocycles. The molecule has 2 rings (SSSR count). The molecule has 0 saturated heterocycles. The molecule has 86 valence electrons. The number of nitriles is 1. The number of nitrogens with zero attached hydrogens (tertiary/aromatic N) is 3. The van der Waals surface area contributed by atoms with Gasteiger partial charge in [0.05, 0.1) is 18.2 Å². The van der Waals surface area contributed by atoms with E-state index < -0.39 is 0 Å². The molecule has 5 heteroatoms. The van der Waals surface area contributed by atoms with Crippen molar-refractivity contribution in [2.45, 2.75) is 19.9 Å². The van der Waals surface area contributed by atoms with Gasteiger partial charge in [0.1, 0.15) is 0 Å². The van der Waals surface area contributed by atoms with Gasteiger partial charge in [-0.2, -0.15) is 10.2 Å². The van der Waals surface area contributed by atoms with E-state index in [2.05, 4.69) is 21.5 Å². The number of hydrogen-bond donors (Lipinski definition) is 1. The first-order valence-electron chi connectivity index (χ1n) is 5.37. The minimum Gasteiger partial charge on any atom is -0.376 e. The van der Waals surface area contributed by atoms with Gasteiger partial charge in [-0.1, -0.05) is 18.1 Å². The summed E-state index contributed by atoms with van der Waals surface area (Å²) < 4.78 is 5.05. The normalized spacial score (nSPS) is 9.88. The third kappa shape index (κ3) is 2.82. The maximum atomic E-state index is 8.76. The number of aryl methyl sites for hydroxylation is 1. The Hall–Kier alpha value is -2.35. The number of hydrogen-bond acceptors (Lipinski definition) is 5. The van der Waals surface area contributed by atoms with E-state index in [4.69, 9.17) is 9.78 Å². The van der Waals surface area contributed by atoms with Crippen molar-refractivity contribution < 1.29 is 4.52 Å². The van der Waals surface area contributed by atoms with E-state index >= 15 is 0 Å². The van der Waals surface area contributed by atoms with E-state index in [-0.39, 0.29) is 0 Å². The molecule has 0 unspecified atom stereocenters. The molecule has 0 spiro atoms. The third-order valence-corrected chi connectivity index (χ3v) is 2.26. The van der Waals surface area contributed by atoms with Crippen molar-refractivity contribution in [3.05, 3.63) is 41.5 Å². The van der Waals surface area contributed by atoms with E-state index in [1.165, 1.54) is 0 Å². The average molecular weight is 228 g/mol. The zero-order valence-corrected chi connectivity index (χ0v) is 9.47. The molecule has 0 atom stereocenters. The van der Waals surface area contributed by atoms with Crippen LogP contribution in [0.3, 0.4) is 0 Å². The molecule has 1 aromatic heterocycles. The zero-order chi connectivity index (χ0) is 12.1. The van der Waals surface area contributed by atoms with Gasteiger partial charge >= 0.3 is 0 Å². The first-order chi connectivity index (χ1) is 8.31. The quantitative estimate of drug-likeness (QED) is 0.867. The molecule has 0 radical (unpaired) electrons. The van der Waals surface area contributed by atoms with E-state index in [0.29, 0.717) is 23.8 Å². The molecule has 0 amide bonds. The van der Waals surface area contributed by atoms with E-state index in [9.17, 15) is 0 Å². The molecule has 1 heterocycles. The summed E-state index contributed by atoms with van der Waals surface area (Å²) in [5.74, 6) is 1.25. The van der Waals surface area contributed by atoms with Crippen LogP contribution in [-0.4, -0.2) is 10.1 Å². The molecule has 5 nitrogen and oxygen atoms in total. The third-order valence-electron chi connectivity index (χ3n) is 2.26. The first-order valence-corrected chi connectivity index (χ1v) is 5.37. The standard InChI is InChI=1S/C12H12N4O/c1-2-11-15-12(17-16-11)8-14-10-5-3-4-9(6-10)7-13/h3-6,14H,2,8H2,1H3. The van der Waals surface area contributed by atoms with Crippen molar-refractivity contribution >= 4 is 5.69 Å². The SMILES string of the molecule is CCc1noc(CNc2cccc(C#N)c2)n1. The molecule has 0 aliphatic rings. The second kappa shape index (κ2) is 5.12. The van der Waals surface area contributed by atoms with Crippen LogP contribution >= 0.6 is 0 Å². The largest absolute Gasteiger partial charge is 0.376 e. The van der Waals surface area contributed by atoms with Gasteiger partial charge in [0.2, 0.25) is 5.89 Å². The van der Waals surface area contributed by atoms with Gasteiger partial charge in [-0.25, -0.2) is 0 Å². The Morgan fingerprint density at radius 1 is 1.47 bits per heavy atom.